The second-order valence-electron chi connectivity index (χ2n) is 37.6. The van der Waals surface area contributed by atoms with Crippen LogP contribution in [0.15, 0.2) is 207 Å². The molecule has 13 rings (SSSR count). The van der Waals surface area contributed by atoms with Crippen LogP contribution in [-0.2, 0) is 107 Å². The van der Waals surface area contributed by atoms with E-state index in [1.54, 1.807) is 86.9 Å². The predicted molar refractivity (Wildman–Crippen MR) is 537 cm³/mol. The number of amides is 5. The number of hydrogen-bond donors (Lipinski definition) is 4. The van der Waals surface area contributed by atoms with Gasteiger partial charge in [0.15, 0.2) is 17.9 Å². The van der Waals surface area contributed by atoms with Crippen LogP contribution in [0.25, 0.3) is 22.5 Å². The summed E-state index contributed by atoms with van der Waals surface area (Å²) in [6, 6.07) is 58.1. The molecule has 3 fully saturated rings. The molecule has 4 N–H and O–H groups in total. The molecule has 2 bridgehead atoms. The lowest BCUT2D eigenvalue weighted by Crippen LogP contribution is -2.63. The molecule has 5 amide bonds. The van der Waals surface area contributed by atoms with E-state index < -0.39 is 64.8 Å². The molecule has 734 valence electrons. The monoisotopic (exact) mass is 1960 g/mol. The van der Waals surface area contributed by atoms with Gasteiger partial charge in [-0.2, -0.15) is 0 Å². The molecule has 3 aliphatic rings. The third kappa shape index (κ3) is 30.8. The lowest BCUT2D eigenvalue weighted by atomic mass is 9.81. The number of aliphatic hydroxyl groups excluding tert-OH is 1. The van der Waals surface area contributed by atoms with Gasteiger partial charge in [0, 0.05) is 135 Å². The minimum atomic E-state index is -1.24. The Bertz CT molecular complexity index is 5750. The number of nitrogens with zero attached hydrogens (tertiary/aromatic N) is 9. The second kappa shape index (κ2) is 50.4. The van der Waals surface area contributed by atoms with Crippen molar-refractivity contribution >= 4 is 100 Å². The molecular weight excluding hydrogens is 1840 g/mol. The highest BCUT2D eigenvalue weighted by atomic mass is 35.5. The first-order valence-corrected chi connectivity index (χ1v) is 48.0. The van der Waals surface area contributed by atoms with Crippen LogP contribution in [0.4, 0.5) is 4.79 Å². The Morgan fingerprint density at radius 2 is 1.18 bits per heavy atom. The lowest BCUT2D eigenvalue weighted by Gasteiger charge is -2.45. The Kier molecular flexibility index (Phi) is 39.1. The van der Waals surface area contributed by atoms with Gasteiger partial charge in [-0.15, -0.1) is 0 Å². The van der Waals surface area contributed by atoms with Crippen molar-refractivity contribution in [1.29, 1.82) is 0 Å². The number of ether oxygens (including phenoxy) is 5. The maximum atomic E-state index is 15.0. The molecule has 9 atom stereocenters. The van der Waals surface area contributed by atoms with Crippen molar-refractivity contribution in [3.8, 4) is 45.5 Å². The van der Waals surface area contributed by atoms with Crippen LogP contribution in [0.5, 0.6) is 23.0 Å². The number of rotatable bonds is 34. The van der Waals surface area contributed by atoms with Crippen LogP contribution in [-0.4, -0.2) is 219 Å². The fraction of sp³-hybridized carbons (Fsp3) is 0.411. The lowest BCUT2D eigenvalue weighted by molar-refractivity contribution is -0.146. The zero-order valence-electron chi connectivity index (χ0n) is 80.9. The number of ketones is 2. The molecule has 138 heavy (non-hydrogen) atoms. The van der Waals surface area contributed by atoms with E-state index in [9.17, 15) is 48.3 Å². The average Bonchev–Trinajstić information content (AvgIpc) is 0.849. The van der Waals surface area contributed by atoms with E-state index in [2.05, 4.69) is 44.9 Å². The van der Waals surface area contributed by atoms with Crippen molar-refractivity contribution in [3.63, 3.8) is 0 Å². The Labute approximate surface area is 829 Å². The van der Waals surface area contributed by atoms with Crippen molar-refractivity contribution in [3.05, 3.63) is 272 Å². The maximum absolute atomic E-state index is 15.0. The molecule has 8 aromatic carbocycles. The quantitative estimate of drug-likeness (QED) is 0.0272. The number of alkyl carbamates (subject to hydrolysis) is 1. The van der Waals surface area contributed by atoms with Crippen molar-refractivity contribution in [2.45, 2.75) is 166 Å². The van der Waals surface area contributed by atoms with Crippen molar-refractivity contribution in [2.24, 2.45) is 37.8 Å². The Hall–Kier alpha value is -11.5. The SMILES string of the molecule is CN(C)Cc1ncc(-c2ccc(Oc3cc(Cl)ccc3C=O)cc2)n1C.COC[C@@H]1CC(=O)[C@H](C)N(Cc2ccc(Cl)cc2Oc2ccc(-c3cnc(CN(C)C)n3C)cc2)C(O)C[C@@H](Cc2ccccc2)C(=O)N2CCC[C@@](Cc3ccc(Cl)cc3)(C2)NC1=O.COC[C@H](CC(=O)[C@H](C)NC(=O)OC(C)(C)C)C(=O)N[C@@]1(Cc2ccc(Cl)cc2)CCCN(C(=O)[C@@H](CC=O)Cc2ccccc2)C1. The summed E-state index contributed by atoms with van der Waals surface area (Å²) in [4.78, 5) is 139. The number of methoxy groups -OCH3 is 2. The summed E-state index contributed by atoms with van der Waals surface area (Å²) in [7, 11) is 15.0. The number of benzene rings is 8. The van der Waals surface area contributed by atoms with Crippen LogP contribution < -0.4 is 25.4 Å². The summed E-state index contributed by atoms with van der Waals surface area (Å²) in [5, 5.41) is 23.7. The summed E-state index contributed by atoms with van der Waals surface area (Å²) < 4.78 is 32.6. The zero-order valence-corrected chi connectivity index (χ0v) is 83.9. The molecule has 1 unspecified atom stereocenters. The first kappa shape index (κ1) is 107. The molecule has 0 saturated carbocycles. The van der Waals surface area contributed by atoms with E-state index in [1.165, 1.54) is 14.2 Å². The highest BCUT2D eigenvalue weighted by Gasteiger charge is 2.46. The summed E-state index contributed by atoms with van der Waals surface area (Å²) in [5.74, 6) is -0.383. The minimum absolute atomic E-state index is 0.0114. The van der Waals surface area contributed by atoms with Gasteiger partial charge < -0.3 is 78.3 Å². The summed E-state index contributed by atoms with van der Waals surface area (Å²) in [6.07, 6.45) is 7.33. The zero-order chi connectivity index (χ0) is 99.5. The molecular formula is C107H128Cl4N12O15. The van der Waals surface area contributed by atoms with Gasteiger partial charge in [0.2, 0.25) is 23.6 Å². The number of aldehydes is 2. The fourth-order valence-electron chi connectivity index (χ4n) is 17.8. The number of piperidine rings is 2. The number of aromatic nitrogens is 4. The number of aliphatic hydroxyl groups is 1. The standard InChI is InChI=1S/C51H60Cl2N6O6.C36H48ClN3O7.C20H20ClN3O2/c1-34-45(60)25-40(32-64-5)49(62)55-51(28-36-12-17-41(52)18-13-36)22-9-23-58(33-51)50(63)39(24-35-10-7-6-8-11-35)26-48(61)59(34)30-38-14-19-42(53)27-46(38)65-43-20-15-37(16-21-43)44-29-54-47(57(44)4)31-56(2)3;1-25(38-34(45)47-35(2,3)4)31(42)21-29(23-46-5)32(43)39-36(22-27-12-14-30(37)15-13-27)17-9-18-40(24-36)33(44)28(16-19-41)20-26-10-7-6-8-11-26;1-23(2)12-20-22-11-18(24(20)3)14-5-8-17(9-6-14)26-19-10-16(21)7-4-15(19)13-25/h6-8,10-21,27,29,34,39-40,48,61H,9,22-26,28,30-33H2,1-5H3,(H,55,62);6-8,10-15,19,25,28-29H,9,16-18,20-24H2,1-5H3,(H,38,45)(H,39,43);4-11,13H,12H2,1-3H3/t34-,39+,40-,48?,51+;25-,28-,29-,36+;/m00./s1. The molecule has 0 radical (unpaired) electrons. The maximum Gasteiger partial charge on any atom is 0.408 e. The largest absolute Gasteiger partial charge is 0.457 e. The van der Waals surface area contributed by atoms with Gasteiger partial charge in [-0.1, -0.05) is 137 Å². The van der Waals surface area contributed by atoms with E-state index in [0.717, 1.165) is 75.5 Å². The molecule has 3 aliphatic heterocycles. The number of nitrogens with one attached hydrogen (secondary N) is 3. The van der Waals surface area contributed by atoms with E-state index in [-0.39, 0.29) is 93.7 Å². The van der Waals surface area contributed by atoms with Gasteiger partial charge in [0.25, 0.3) is 0 Å². The summed E-state index contributed by atoms with van der Waals surface area (Å²) in [6.45, 7) is 11.5. The minimum Gasteiger partial charge on any atom is -0.457 e. The highest BCUT2D eigenvalue weighted by molar-refractivity contribution is 6.31. The van der Waals surface area contributed by atoms with Crippen LogP contribution in [0, 0.1) is 23.7 Å². The first-order valence-electron chi connectivity index (χ1n) is 46.5. The second-order valence-corrected chi connectivity index (χ2v) is 39.4. The topological polar surface area (TPSA) is 308 Å². The average molecular weight is 1960 g/mol. The molecule has 27 nitrogen and oxygen atoms in total. The summed E-state index contributed by atoms with van der Waals surface area (Å²) in [5.41, 5.74) is 6.55. The van der Waals surface area contributed by atoms with Crippen LogP contribution in [0.2, 0.25) is 20.1 Å². The molecule has 10 aromatic rings. The molecule has 0 spiro atoms. The van der Waals surface area contributed by atoms with E-state index in [0.29, 0.717) is 125 Å². The van der Waals surface area contributed by atoms with E-state index >= 15 is 0 Å². The van der Waals surface area contributed by atoms with Gasteiger partial charge >= 0.3 is 6.09 Å². The number of halogens is 4. The van der Waals surface area contributed by atoms with Gasteiger partial charge in [0.05, 0.1) is 90.6 Å². The molecule has 0 aliphatic carbocycles. The first-order chi connectivity index (χ1) is 65.9. The molecule has 31 heteroatoms. The molecule has 3 saturated heterocycles. The van der Waals surface area contributed by atoms with Gasteiger partial charge in [-0.05, 0) is 240 Å². The normalized spacial score (nSPS) is 18.9. The van der Waals surface area contributed by atoms with Crippen LogP contribution in [0.3, 0.4) is 0 Å². The number of hydrogen-bond acceptors (Lipinski definition) is 20. The number of imidazole rings is 2. The Morgan fingerprint density at radius 3 is 1.73 bits per heavy atom. The number of likely N-dealkylation sites (tertiary alicyclic amines) is 1. The Morgan fingerprint density at radius 1 is 0.638 bits per heavy atom. The smallest absolute Gasteiger partial charge is 0.408 e. The van der Waals surface area contributed by atoms with Crippen molar-refractivity contribution in [2.75, 3.05) is 81.8 Å². The van der Waals surface area contributed by atoms with Crippen molar-refractivity contribution in [1.82, 2.24) is 59.6 Å². The number of carbonyl (C=O) groups is 9. The third-order valence-corrected chi connectivity index (χ3v) is 25.9. The molecule has 5 heterocycles. The van der Waals surface area contributed by atoms with Crippen LogP contribution in [0.1, 0.15) is 136 Å². The van der Waals surface area contributed by atoms with Gasteiger partial charge in [0.1, 0.15) is 52.8 Å². The predicted octanol–water partition coefficient (Wildman–Crippen LogP) is 17.3. The van der Waals surface area contributed by atoms with E-state index in [4.69, 9.17) is 70.1 Å². The fourth-order valence-corrected chi connectivity index (χ4v) is 18.4. The van der Waals surface area contributed by atoms with E-state index in [1.807, 2.05) is 211 Å². The van der Waals surface area contributed by atoms with Crippen molar-refractivity contribution < 1.29 is 71.9 Å². The molecule has 2 aromatic heterocycles. The highest BCUT2D eigenvalue weighted by Crippen LogP contribution is 2.38. The summed E-state index contributed by atoms with van der Waals surface area (Å²) >= 11 is 25.0. The van der Waals surface area contributed by atoms with Crippen LogP contribution >= 0.6 is 46.4 Å². The number of carbonyl (C=O) groups excluding carboxylic acids is 9. The number of fused-ring (bicyclic) bond motifs is 2. The van der Waals surface area contributed by atoms with Gasteiger partial charge in [-0.25, -0.2) is 14.8 Å². The van der Waals surface area contributed by atoms with Gasteiger partial charge in [-0.3, -0.25) is 38.5 Å². The third-order valence-electron chi connectivity index (χ3n) is 24.9. The number of Topliss-reactive ketones (excluding diaryl/α,β-unsaturated/α-hetero) is 2. The Balaban J connectivity index is 0.000000217.